The SMILES string of the molecule is COCc1nc(N2CCCC2c2ccnn2C)cc(=O)[nH]1. The average Bonchev–Trinajstić information content (AvgIpc) is 3.06. The Morgan fingerprint density at radius 1 is 1.52 bits per heavy atom. The zero-order valence-electron chi connectivity index (χ0n) is 12.2. The van der Waals surface area contributed by atoms with E-state index in [1.165, 1.54) is 0 Å². The molecule has 0 bridgehead atoms. The zero-order chi connectivity index (χ0) is 14.8. The maximum Gasteiger partial charge on any atom is 0.253 e. The Morgan fingerprint density at radius 2 is 2.38 bits per heavy atom. The molecule has 2 aromatic heterocycles. The van der Waals surface area contributed by atoms with Crippen LogP contribution < -0.4 is 10.5 Å². The first-order valence-electron chi connectivity index (χ1n) is 7.03. The second-order valence-corrected chi connectivity index (χ2v) is 5.21. The molecule has 21 heavy (non-hydrogen) atoms. The van der Waals surface area contributed by atoms with Crippen LogP contribution in [-0.2, 0) is 18.4 Å². The molecule has 0 amide bonds. The molecule has 2 aromatic rings. The summed E-state index contributed by atoms with van der Waals surface area (Å²) in [6, 6.07) is 3.78. The van der Waals surface area contributed by atoms with Crippen molar-refractivity contribution in [2.24, 2.45) is 7.05 Å². The number of nitrogens with one attached hydrogen (secondary N) is 1. The van der Waals surface area contributed by atoms with Gasteiger partial charge in [-0.2, -0.15) is 5.10 Å². The number of aryl methyl sites for hydroxylation is 1. The Morgan fingerprint density at radius 3 is 3.10 bits per heavy atom. The van der Waals surface area contributed by atoms with Crippen molar-refractivity contribution in [1.82, 2.24) is 19.7 Å². The lowest BCUT2D eigenvalue weighted by Crippen LogP contribution is -2.27. The molecule has 1 atom stereocenters. The van der Waals surface area contributed by atoms with Gasteiger partial charge in [-0.1, -0.05) is 0 Å². The summed E-state index contributed by atoms with van der Waals surface area (Å²) in [5.41, 5.74) is 0.991. The van der Waals surface area contributed by atoms with Gasteiger partial charge in [0.05, 0.1) is 11.7 Å². The fourth-order valence-corrected chi connectivity index (χ4v) is 2.91. The molecule has 3 heterocycles. The molecule has 1 N–H and O–H groups in total. The van der Waals surface area contributed by atoms with Crippen LogP contribution in [0, 0.1) is 0 Å². The molecule has 1 fully saturated rings. The maximum atomic E-state index is 11.8. The number of ether oxygens (including phenoxy) is 1. The topological polar surface area (TPSA) is 76.0 Å². The van der Waals surface area contributed by atoms with Crippen molar-refractivity contribution in [3.05, 3.63) is 40.2 Å². The highest BCUT2D eigenvalue weighted by Crippen LogP contribution is 2.34. The number of nitrogens with zero attached hydrogens (tertiary/aromatic N) is 4. The Bertz CT molecular complexity index is 678. The van der Waals surface area contributed by atoms with E-state index in [1.807, 2.05) is 17.8 Å². The molecule has 0 spiro atoms. The van der Waals surface area contributed by atoms with Gasteiger partial charge in [0.2, 0.25) is 0 Å². The predicted octanol–water partition coefficient (Wildman–Crippen LogP) is 0.991. The summed E-state index contributed by atoms with van der Waals surface area (Å²) in [7, 11) is 3.52. The number of hydrogen-bond donors (Lipinski definition) is 1. The summed E-state index contributed by atoms with van der Waals surface area (Å²) in [4.78, 5) is 21.2. The highest BCUT2D eigenvalue weighted by Gasteiger charge is 2.29. The van der Waals surface area contributed by atoms with E-state index < -0.39 is 0 Å². The van der Waals surface area contributed by atoms with Crippen molar-refractivity contribution < 1.29 is 4.74 Å². The predicted molar refractivity (Wildman–Crippen MR) is 78.1 cm³/mol. The highest BCUT2D eigenvalue weighted by atomic mass is 16.5. The second kappa shape index (κ2) is 5.69. The minimum absolute atomic E-state index is 0.150. The molecule has 7 heteroatoms. The number of rotatable bonds is 4. The van der Waals surface area contributed by atoms with E-state index in [2.05, 4.69) is 20.0 Å². The average molecular weight is 289 g/mol. The van der Waals surface area contributed by atoms with Gasteiger partial charge in [0.1, 0.15) is 18.2 Å². The summed E-state index contributed by atoms with van der Waals surface area (Å²) < 4.78 is 6.93. The Balaban J connectivity index is 1.95. The van der Waals surface area contributed by atoms with E-state index in [0.717, 1.165) is 25.1 Å². The number of H-pyrrole nitrogens is 1. The Labute approximate surface area is 122 Å². The Kier molecular flexibility index (Phi) is 3.74. The third-order valence-corrected chi connectivity index (χ3v) is 3.81. The van der Waals surface area contributed by atoms with Crippen molar-refractivity contribution >= 4 is 5.82 Å². The van der Waals surface area contributed by atoms with E-state index >= 15 is 0 Å². The second-order valence-electron chi connectivity index (χ2n) is 5.21. The summed E-state index contributed by atoms with van der Waals surface area (Å²) in [5.74, 6) is 1.25. The van der Waals surface area contributed by atoms with Crippen LogP contribution >= 0.6 is 0 Å². The number of anilines is 1. The number of hydrogen-bond acceptors (Lipinski definition) is 5. The molecule has 0 aliphatic carbocycles. The molecule has 1 aliphatic rings. The summed E-state index contributed by atoms with van der Waals surface area (Å²) in [6.07, 6.45) is 3.91. The molecule has 1 saturated heterocycles. The van der Waals surface area contributed by atoms with Crippen LogP contribution in [0.3, 0.4) is 0 Å². The first kappa shape index (κ1) is 13.8. The van der Waals surface area contributed by atoms with Crippen molar-refractivity contribution in [2.75, 3.05) is 18.6 Å². The Hall–Kier alpha value is -2.15. The van der Waals surface area contributed by atoms with Gasteiger partial charge in [-0.25, -0.2) is 4.98 Å². The van der Waals surface area contributed by atoms with E-state index in [1.54, 1.807) is 19.4 Å². The molecule has 112 valence electrons. The lowest BCUT2D eigenvalue weighted by atomic mass is 10.1. The van der Waals surface area contributed by atoms with Crippen molar-refractivity contribution in [3.63, 3.8) is 0 Å². The van der Waals surface area contributed by atoms with Crippen molar-refractivity contribution in [3.8, 4) is 0 Å². The minimum atomic E-state index is -0.150. The highest BCUT2D eigenvalue weighted by molar-refractivity contribution is 5.42. The lowest BCUT2D eigenvalue weighted by Gasteiger charge is -2.25. The van der Waals surface area contributed by atoms with Crippen molar-refractivity contribution in [1.29, 1.82) is 0 Å². The van der Waals surface area contributed by atoms with E-state index in [4.69, 9.17) is 4.74 Å². The van der Waals surface area contributed by atoms with Crippen molar-refractivity contribution in [2.45, 2.75) is 25.5 Å². The third-order valence-electron chi connectivity index (χ3n) is 3.81. The van der Waals surface area contributed by atoms with Gasteiger partial charge < -0.3 is 14.6 Å². The molecule has 0 saturated carbocycles. The summed E-state index contributed by atoms with van der Waals surface area (Å²) in [6.45, 7) is 1.19. The van der Waals surface area contributed by atoms with Gasteiger partial charge >= 0.3 is 0 Å². The van der Waals surface area contributed by atoms with Gasteiger partial charge in [0, 0.05) is 33.0 Å². The molecular weight excluding hydrogens is 270 g/mol. The van der Waals surface area contributed by atoms with Gasteiger partial charge in [0.25, 0.3) is 5.56 Å². The molecule has 3 rings (SSSR count). The molecule has 0 radical (unpaired) electrons. The van der Waals surface area contributed by atoms with E-state index in [-0.39, 0.29) is 11.6 Å². The first-order chi connectivity index (χ1) is 10.2. The quantitative estimate of drug-likeness (QED) is 0.908. The monoisotopic (exact) mass is 289 g/mol. The van der Waals surface area contributed by atoms with Gasteiger partial charge in [-0.3, -0.25) is 9.48 Å². The standard InChI is InChI=1S/C14H19N5O2/c1-18-10(5-6-15-18)11-4-3-7-19(11)13-8-14(20)17-12(16-13)9-21-2/h5-6,8,11H,3-4,7,9H2,1-2H3,(H,16,17,20). The number of aromatic amines is 1. The fourth-order valence-electron chi connectivity index (χ4n) is 2.91. The van der Waals surface area contributed by atoms with Crippen LogP contribution in [0.1, 0.15) is 30.4 Å². The van der Waals surface area contributed by atoms with E-state index in [9.17, 15) is 4.79 Å². The van der Waals surface area contributed by atoms with Crippen LogP contribution in [0.2, 0.25) is 0 Å². The number of aromatic nitrogens is 4. The maximum absolute atomic E-state index is 11.8. The molecule has 7 nitrogen and oxygen atoms in total. The van der Waals surface area contributed by atoms with Gasteiger partial charge in [-0.15, -0.1) is 0 Å². The van der Waals surface area contributed by atoms with Crippen LogP contribution in [0.15, 0.2) is 23.1 Å². The van der Waals surface area contributed by atoms with Gasteiger partial charge in [-0.05, 0) is 18.9 Å². The summed E-state index contributed by atoms with van der Waals surface area (Å²) in [5, 5.41) is 4.24. The minimum Gasteiger partial charge on any atom is -0.377 e. The van der Waals surface area contributed by atoms with Crippen LogP contribution in [-0.4, -0.2) is 33.4 Å². The van der Waals surface area contributed by atoms with Crippen LogP contribution in [0.4, 0.5) is 5.82 Å². The molecular formula is C14H19N5O2. The first-order valence-corrected chi connectivity index (χ1v) is 7.03. The van der Waals surface area contributed by atoms with E-state index in [0.29, 0.717) is 18.2 Å². The summed E-state index contributed by atoms with van der Waals surface area (Å²) >= 11 is 0. The molecule has 0 aromatic carbocycles. The third kappa shape index (κ3) is 2.69. The zero-order valence-corrected chi connectivity index (χ0v) is 12.2. The molecule has 1 aliphatic heterocycles. The van der Waals surface area contributed by atoms with Gasteiger partial charge in [0.15, 0.2) is 0 Å². The number of methoxy groups -OCH3 is 1. The normalized spacial score (nSPS) is 18.4. The molecule has 1 unspecified atom stereocenters. The van der Waals surface area contributed by atoms with Crippen LogP contribution in [0.25, 0.3) is 0 Å². The smallest absolute Gasteiger partial charge is 0.253 e. The van der Waals surface area contributed by atoms with Crippen LogP contribution in [0.5, 0.6) is 0 Å². The lowest BCUT2D eigenvalue weighted by molar-refractivity contribution is 0.177. The fraction of sp³-hybridized carbons (Fsp3) is 0.500. The largest absolute Gasteiger partial charge is 0.377 e.